The molecule has 0 bridgehead atoms. The van der Waals surface area contributed by atoms with Crippen molar-refractivity contribution in [3.63, 3.8) is 0 Å². The Morgan fingerprint density at radius 3 is 2.60 bits per heavy atom. The number of aromatic nitrogens is 1. The number of rotatable bonds is 4. The minimum atomic E-state index is -3.22. The van der Waals surface area contributed by atoms with Gasteiger partial charge in [-0.1, -0.05) is 0 Å². The van der Waals surface area contributed by atoms with Crippen LogP contribution in [-0.4, -0.2) is 78.9 Å². The summed E-state index contributed by atoms with van der Waals surface area (Å²) in [6.07, 6.45) is 2.76. The average molecular weight is 387 g/mol. The summed E-state index contributed by atoms with van der Waals surface area (Å²) in [6, 6.07) is 0. The van der Waals surface area contributed by atoms with Crippen molar-refractivity contribution < 1.29 is 13.2 Å². The van der Waals surface area contributed by atoms with Crippen molar-refractivity contribution in [2.75, 3.05) is 45.5 Å². The Balaban J connectivity index is 1.51. The first-order chi connectivity index (χ1) is 11.8. The molecule has 1 aromatic heterocycles. The fourth-order valence-electron chi connectivity index (χ4n) is 3.54. The highest BCUT2D eigenvalue weighted by Gasteiger charge is 2.33. The van der Waals surface area contributed by atoms with E-state index < -0.39 is 10.0 Å². The summed E-state index contributed by atoms with van der Waals surface area (Å²) >= 11 is 1.66. The van der Waals surface area contributed by atoms with Crippen LogP contribution in [0.4, 0.5) is 0 Å². The average Bonchev–Trinajstić information content (AvgIpc) is 2.99. The topological polar surface area (TPSA) is 73.8 Å². The van der Waals surface area contributed by atoms with Gasteiger partial charge in [0.05, 0.1) is 22.9 Å². The van der Waals surface area contributed by atoms with Gasteiger partial charge in [-0.2, -0.15) is 0 Å². The van der Waals surface area contributed by atoms with Crippen LogP contribution in [0.3, 0.4) is 0 Å². The fourth-order valence-corrected chi connectivity index (χ4v) is 5.06. The quantitative estimate of drug-likeness (QED) is 0.764. The lowest BCUT2D eigenvalue weighted by atomic mass is 9.98. The van der Waals surface area contributed by atoms with Gasteiger partial charge in [0.15, 0.2) is 0 Å². The number of piperidine rings is 1. The molecular weight excluding hydrogens is 360 g/mol. The number of carbonyl (C=O) groups excluding carboxylic acids is 1. The Morgan fingerprint density at radius 2 is 2.00 bits per heavy atom. The number of aryl methyl sites for hydroxylation is 1. The van der Waals surface area contributed by atoms with Crippen LogP contribution in [0.25, 0.3) is 0 Å². The lowest BCUT2D eigenvalue weighted by molar-refractivity contribution is -0.138. The number of hydrogen-bond acceptors (Lipinski definition) is 6. The van der Waals surface area contributed by atoms with E-state index in [9.17, 15) is 13.2 Å². The second kappa shape index (κ2) is 7.69. The normalized spacial score (nSPS) is 23.8. The van der Waals surface area contributed by atoms with Crippen LogP contribution in [0.1, 0.15) is 23.5 Å². The van der Waals surface area contributed by atoms with Crippen LogP contribution in [0.5, 0.6) is 0 Å². The van der Waals surface area contributed by atoms with Gasteiger partial charge in [-0.05, 0) is 19.8 Å². The summed E-state index contributed by atoms with van der Waals surface area (Å²) in [5, 5.41) is 3.17. The molecule has 25 heavy (non-hydrogen) atoms. The number of piperazine rings is 1. The highest BCUT2D eigenvalue weighted by Crippen LogP contribution is 2.22. The Bertz CT molecular complexity index is 711. The Labute approximate surface area is 153 Å². The molecule has 0 aliphatic carbocycles. The lowest BCUT2D eigenvalue weighted by Gasteiger charge is -2.38. The molecular formula is C16H26N4O3S2. The number of nitrogens with zero attached hydrogens (tertiary/aromatic N) is 4. The van der Waals surface area contributed by atoms with Gasteiger partial charge in [-0.3, -0.25) is 9.69 Å². The first-order valence-electron chi connectivity index (χ1n) is 8.70. The molecule has 3 rings (SSSR count). The van der Waals surface area contributed by atoms with Crippen LogP contribution in [0, 0.1) is 12.8 Å². The van der Waals surface area contributed by atoms with Crippen molar-refractivity contribution in [2.24, 2.45) is 5.92 Å². The molecule has 7 nitrogen and oxygen atoms in total. The molecule has 2 saturated heterocycles. The fraction of sp³-hybridized carbons (Fsp3) is 0.750. The zero-order valence-corrected chi connectivity index (χ0v) is 16.5. The highest BCUT2D eigenvalue weighted by molar-refractivity contribution is 7.88. The Hall–Kier alpha value is -1.03. The molecule has 0 N–H and O–H groups in total. The lowest BCUT2D eigenvalue weighted by Crippen LogP contribution is -2.52. The van der Waals surface area contributed by atoms with Gasteiger partial charge in [0.1, 0.15) is 0 Å². The van der Waals surface area contributed by atoms with Crippen LogP contribution in [0.2, 0.25) is 0 Å². The minimum absolute atomic E-state index is 0.109. The van der Waals surface area contributed by atoms with Crippen molar-refractivity contribution in [3.8, 4) is 0 Å². The maximum absolute atomic E-state index is 12.8. The largest absolute Gasteiger partial charge is 0.340 e. The van der Waals surface area contributed by atoms with E-state index in [1.54, 1.807) is 11.3 Å². The molecule has 1 atom stereocenters. The molecule has 2 aliphatic heterocycles. The summed E-state index contributed by atoms with van der Waals surface area (Å²) in [4.78, 5) is 21.5. The highest BCUT2D eigenvalue weighted by atomic mass is 32.2. The van der Waals surface area contributed by atoms with Gasteiger partial charge >= 0.3 is 0 Å². The molecule has 1 amide bonds. The SMILES string of the molecule is Cc1nc(CN2CCN(C(=O)C3CCCN(S(C)(=O)=O)C3)CC2)cs1. The minimum Gasteiger partial charge on any atom is -0.340 e. The Kier molecular flexibility index (Phi) is 5.77. The van der Waals surface area contributed by atoms with E-state index in [1.807, 2.05) is 11.8 Å². The first kappa shape index (κ1) is 18.8. The summed E-state index contributed by atoms with van der Waals surface area (Å²) < 4.78 is 24.9. The van der Waals surface area contributed by atoms with Crippen LogP contribution >= 0.6 is 11.3 Å². The van der Waals surface area contributed by atoms with Gasteiger partial charge in [0.25, 0.3) is 0 Å². The second-order valence-electron chi connectivity index (χ2n) is 6.92. The molecule has 1 aromatic rings. The number of sulfonamides is 1. The third kappa shape index (κ3) is 4.78. The smallest absolute Gasteiger partial charge is 0.227 e. The van der Waals surface area contributed by atoms with Crippen LogP contribution in [-0.2, 0) is 21.4 Å². The van der Waals surface area contributed by atoms with E-state index in [2.05, 4.69) is 15.3 Å². The standard InChI is InChI=1S/C16H26N4O3S2/c1-13-17-15(12-24-13)11-18-6-8-19(9-7-18)16(21)14-4-3-5-20(10-14)25(2,22)23/h12,14H,3-11H2,1-2H3. The van der Waals surface area contributed by atoms with E-state index in [0.29, 0.717) is 26.2 Å². The van der Waals surface area contributed by atoms with Crippen molar-refractivity contribution >= 4 is 27.3 Å². The number of hydrogen-bond donors (Lipinski definition) is 0. The second-order valence-corrected chi connectivity index (χ2v) is 9.96. The van der Waals surface area contributed by atoms with Crippen molar-refractivity contribution in [1.29, 1.82) is 0 Å². The van der Waals surface area contributed by atoms with Gasteiger partial charge in [0.2, 0.25) is 15.9 Å². The molecule has 0 aromatic carbocycles. The van der Waals surface area contributed by atoms with E-state index in [4.69, 9.17) is 0 Å². The van der Waals surface area contributed by atoms with Gasteiger partial charge < -0.3 is 4.90 Å². The molecule has 0 radical (unpaired) electrons. The van der Waals surface area contributed by atoms with E-state index in [0.717, 1.165) is 43.2 Å². The molecule has 2 aliphatic rings. The van der Waals surface area contributed by atoms with Crippen molar-refractivity contribution in [1.82, 2.24) is 19.1 Å². The number of thiazole rings is 1. The molecule has 3 heterocycles. The zero-order chi connectivity index (χ0) is 18.0. The van der Waals surface area contributed by atoms with Gasteiger partial charge in [0, 0.05) is 51.2 Å². The number of carbonyl (C=O) groups is 1. The third-order valence-corrected chi connectivity index (χ3v) is 7.03. The monoisotopic (exact) mass is 386 g/mol. The van der Waals surface area contributed by atoms with Gasteiger partial charge in [-0.25, -0.2) is 17.7 Å². The molecule has 1 unspecified atom stereocenters. The third-order valence-electron chi connectivity index (χ3n) is 4.94. The zero-order valence-electron chi connectivity index (χ0n) is 14.8. The van der Waals surface area contributed by atoms with Gasteiger partial charge in [-0.15, -0.1) is 11.3 Å². The molecule has 0 saturated carbocycles. The predicted octanol–water partition coefficient (Wildman–Crippen LogP) is 0.767. The summed E-state index contributed by atoms with van der Waals surface area (Å²) in [5.74, 6) is -0.0892. The van der Waals surface area contributed by atoms with Crippen molar-refractivity contribution in [3.05, 3.63) is 16.1 Å². The van der Waals surface area contributed by atoms with Crippen LogP contribution < -0.4 is 0 Å². The summed E-state index contributed by atoms with van der Waals surface area (Å²) in [7, 11) is -3.22. The summed E-state index contributed by atoms with van der Waals surface area (Å²) in [5.41, 5.74) is 1.10. The van der Waals surface area contributed by atoms with E-state index >= 15 is 0 Å². The molecule has 140 valence electrons. The van der Waals surface area contributed by atoms with E-state index in [1.165, 1.54) is 10.6 Å². The molecule has 2 fully saturated rings. The maximum atomic E-state index is 12.8. The van der Waals surface area contributed by atoms with E-state index in [-0.39, 0.29) is 11.8 Å². The Morgan fingerprint density at radius 1 is 1.28 bits per heavy atom. The maximum Gasteiger partial charge on any atom is 0.227 e. The molecule has 9 heteroatoms. The first-order valence-corrected chi connectivity index (χ1v) is 11.4. The van der Waals surface area contributed by atoms with Crippen molar-refractivity contribution in [2.45, 2.75) is 26.3 Å². The predicted molar refractivity (Wildman–Crippen MR) is 97.8 cm³/mol. The number of amides is 1. The molecule has 0 spiro atoms. The summed E-state index contributed by atoms with van der Waals surface area (Å²) in [6.45, 7) is 6.79. The van der Waals surface area contributed by atoms with Crippen LogP contribution in [0.15, 0.2) is 5.38 Å².